The van der Waals surface area contributed by atoms with Crippen molar-refractivity contribution in [3.05, 3.63) is 35.9 Å². The second-order valence-electron chi connectivity index (χ2n) is 5.65. The quantitative estimate of drug-likeness (QED) is 0.783. The van der Waals surface area contributed by atoms with E-state index >= 15 is 0 Å². The molecule has 0 saturated heterocycles. The number of ether oxygens (including phenoxy) is 3. The summed E-state index contributed by atoms with van der Waals surface area (Å²) in [5.74, 6) is 1.94. The molecule has 1 amide bonds. The molecule has 5 nitrogen and oxygen atoms in total. The largest absolute Gasteiger partial charge is 0.497 e. The maximum Gasteiger partial charge on any atom is 0.407 e. The molecule has 0 aromatic heterocycles. The van der Waals surface area contributed by atoms with Crippen LogP contribution in [0.3, 0.4) is 0 Å². The second-order valence-corrected chi connectivity index (χ2v) is 5.65. The number of amides is 1. The molecule has 1 aromatic carbocycles. The lowest BCUT2D eigenvalue weighted by atomic mass is 9.95. The highest BCUT2D eigenvalue weighted by Crippen LogP contribution is 2.22. The summed E-state index contributed by atoms with van der Waals surface area (Å²) in [6, 6.07) is 5.69. The number of carbonyl (C=O) groups excluding carboxylic acids is 1. The summed E-state index contributed by atoms with van der Waals surface area (Å²) in [6.45, 7) is 1.00. The van der Waals surface area contributed by atoms with Crippen LogP contribution in [0, 0.1) is 5.92 Å². The summed E-state index contributed by atoms with van der Waals surface area (Å²) in [6.07, 6.45) is 7.84. The molecule has 2 rings (SSSR count). The van der Waals surface area contributed by atoms with Gasteiger partial charge in [0.05, 0.1) is 20.8 Å². The van der Waals surface area contributed by atoms with E-state index in [9.17, 15) is 4.79 Å². The smallest absolute Gasteiger partial charge is 0.407 e. The van der Waals surface area contributed by atoms with Crippen molar-refractivity contribution in [1.82, 2.24) is 5.32 Å². The fraction of sp³-hybridized carbons (Fsp3) is 0.500. The van der Waals surface area contributed by atoms with Crippen molar-refractivity contribution in [3.63, 3.8) is 0 Å². The standard InChI is InChI=1S/C18H25NO4/c1-21-16-10-15(11-17(12-16)22-2)8-9-19-18(20)23-13-14-6-4-3-5-7-14/h3-4,10-12,14H,5-9,13H2,1-2H3,(H,19,20). The zero-order chi connectivity index (χ0) is 16.5. The van der Waals surface area contributed by atoms with Gasteiger partial charge in [-0.05, 0) is 49.3 Å². The molecule has 0 aliphatic heterocycles. The molecule has 0 fully saturated rings. The summed E-state index contributed by atoms with van der Waals surface area (Å²) in [7, 11) is 3.24. The summed E-state index contributed by atoms with van der Waals surface area (Å²) in [4.78, 5) is 11.7. The minimum absolute atomic E-state index is 0.352. The molecule has 0 heterocycles. The number of hydrogen-bond acceptors (Lipinski definition) is 4. The Bertz CT molecular complexity index is 520. The van der Waals surface area contributed by atoms with Gasteiger partial charge in [-0.2, -0.15) is 0 Å². The van der Waals surface area contributed by atoms with E-state index in [4.69, 9.17) is 14.2 Å². The number of rotatable bonds is 7. The minimum atomic E-state index is -0.352. The van der Waals surface area contributed by atoms with Gasteiger partial charge in [-0.1, -0.05) is 12.2 Å². The third kappa shape index (κ3) is 5.85. The number of benzene rings is 1. The summed E-state index contributed by atoms with van der Waals surface area (Å²) in [5, 5.41) is 2.78. The molecule has 5 heteroatoms. The van der Waals surface area contributed by atoms with E-state index in [0.717, 1.165) is 36.3 Å². The van der Waals surface area contributed by atoms with E-state index in [1.54, 1.807) is 14.2 Å². The van der Waals surface area contributed by atoms with Gasteiger partial charge in [-0.15, -0.1) is 0 Å². The van der Waals surface area contributed by atoms with E-state index in [2.05, 4.69) is 17.5 Å². The first-order chi connectivity index (χ1) is 11.2. The van der Waals surface area contributed by atoms with Gasteiger partial charge >= 0.3 is 6.09 Å². The molecule has 1 atom stereocenters. The third-order valence-electron chi connectivity index (χ3n) is 3.92. The molecule has 0 radical (unpaired) electrons. The first kappa shape index (κ1) is 17.2. The van der Waals surface area contributed by atoms with Gasteiger partial charge in [0.1, 0.15) is 11.5 Å². The highest BCUT2D eigenvalue weighted by molar-refractivity contribution is 5.67. The molecule has 0 bridgehead atoms. The predicted octanol–water partition coefficient (Wildman–Crippen LogP) is 3.33. The highest BCUT2D eigenvalue weighted by atomic mass is 16.5. The average Bonchev–Trinajstić information content (AvgIpc) is 2.60. The minimum Gasteiger partial charge on any atom is -0.497 e. The topological polar surface area (TPSA) is 56.8 Å². The van der Waals surface area contributed by atoms with Gasteiger partial charge in [-0.25, -0.2) is 4.79 Å². The van der Waals surface area contributed by atoms with Crippen LogP contribution in [0.1, 0.15) is 24.8 Å². The van der Waals surface area contributed by atoms with E-state index < -0.39 is 0 Å². The van der Waals surface area contributed by atoms with E-state index in [1.165, 1.54) is 0 Å². The van der Waals surface area contributed by atoms with Gasteiger partial charge in [0.25, 0.3) is 0 Å². The van der Waals surface area contributed by atoms with Gasteiger partial charge < -0.3 is 19.5 Å². The summed E-state index contributed by atoms with van der Waals surface area (Å²) >= 11 is 0. The average molecular weight is 319 g/mol. The van der Waals surface area contributed by atoms with Gasteiger partial charge in [0.2, 0.25) is 0 Å². The van der Waals surface area contributed by atoms with Crippen LogP contribution >= 0.6 is 0 Å². The zero-order valence-electron chi connectivity index (χ0n) is 13.8. The van der Waals surface area contributed by atoms with E-state index in [0.29, 0.717) is 25.5 Å². The van der Waals surface area contributed by atoms with Crippen LogP contribution in [0.25, 0.3) is 0 Å². The molecule has 1 aliphatic rings. The Balaban J connectivity index is 1.71. The van der Waals surface area contributed by atoms with Crippen molar-refractivity contribution in [2.24, 2.45) is 5.92 Å². The first-order valence-corrected chi connectivity index (χ1v) is 7.99. The molecule has 1 unspecified atom stereocenters. The molecule has 126 valence electrons. The fourth-order valence-corrected chi connectivity index (χ4v) is 2.57. The zero-order valence-corrected chi connectivity index (χ0v) is 13.8. The van der Waals surface area contributed by atoms with Crippen LogP contribution in [-0.2, 0) is 11.2 Å². The number of nitrogens with one attached hydrogen (secondary N) is 1. The molecule has 1 N–H and O–H groups in total. The summed E-state index contributed by atoms with van der Waals surface area (Å²) < 4.78 is 15.7. The second kappa shape index (κ2) is 9.08. The van der Waals surface area contributed by atoms with Crippen molar-refractivity contribution in [2.45, 2.75) is 25.7 Å². The van der Waals surface area contributed by atoms with Crippen molar-refractivity contribution in [1.29, 1.82) is 0 Å². The fourth-order valence-electron chi connectivity index (χ4n) is 2.57. The van der Waals surface area contributed by atoms with E-state index in [-0.39, 0.29) is 6.09 Å². The lowest BCUT2D eigenvalue weighted by Crippen LogP contribution is -2.28. The lowest BCUT2D eigenvalue weighted by molar-refractivity contribution is 0.124. The number of alkyl carbamates (subject to hydrolysis) is 1. The Labute approximate surface area is 137 Å². The molecule has 1 aliphatic carbocycles. The highest BCUT2D eigenvalue weighted by Gasteiger charge is 2.12. The van der Waals surface area contributed by atoms with Crippen LogP contribution < -0.4 is 14.8 Å². The molecule has 0 saturated carbocycles. The van der Waals surface area contributed by atoms with E-state index in [1.807, 2.05) is 18.2 Å². The van der Waals surface area contributed by atoms with Crippen LogP contribution in [0.5, 0.6) is 11.5 Å². The van der Waals surface area contributed by atoms with Crippen molar-refractivity contribution >= 4 is 6.09 Å². The molecular weight excluding hydrogens is 294 g/mol. The maximum absolute atomic E-state index is 11.7. The number of hydrogen-bond donors (Lipinski definition) is 1. The predicted molar refractivity (Wildman–Crippen MR) is 89.1 cm³/mol. The SMILES string of the molecule is COc1cc(CCNC(=O)OCC2CC=CCC2)cc(OC)c1. The Morgan fingerprint density at radius 1 is 1.17 bits per heavy atom. The Kier molecular flexibility index (Phi) is 6.78. The van der Waals surface area contributed by atoms with Gasteiger partial charge in [0.15, 0.2) is 0 Å². The third-order valence-corrected chi connectivity index (χ3v) is 3.92. The van der Waals surface area contributed by atoms with Crippen LogP contribution in [-0.4, -0.2) is 33.5 Å². The van der Waals surface area contributed by atoms with Gasteiger partial charge in [-0.3, -0.25) is 0 Å². The monoisotopic (exact) mass is 319 g/mol. The summed E-state index contributed by atoms with van der Waals surface area (Å²) in [5.41, 5.74) is 1.04. The Morgan fingerprint density at radius 3 is 2.52 bits per heavy atom. The number of carbonyl (C=O) groups is 1. The van der Waals surface area contributed by atoms with Crippen molar-refractivity contribution < 1.29 is 19.0 Å². The van der Waals surface area contributed by atoms with Crippen LogP contribution in [0.4, 0.5) is 4.79 Å². The van der Waals surface area contributed by atoms with Crippen LogP contribution in [0.15, 0.2) is 30.4 Å². The van der Waals surface area contributed by atoms with Crippen molar-refractivity contribution in [2.75, 3.05) is 27.4 Å². The normalized spacial score (nSPS) is 16.7. The van der Waals surface area contributed by atoms with Crippen molar-refractivity contribution in [3.8, 4) is 11.5 Å². The molecule has 1 aromatic rings. The number of allylic oxidation sites excluding steroid dienone is 2. The Hall–Kier alpha value is -2.17. The first-order valence-electron chi connectivity index (χ1n) is 7.99. The lowest BCUT2D eigenvalue weighted by Gasteiger charge is -2.17. The maximum atomic E-state index is 11.7. The molecule has 23 heavy (non-hydrogen) atoms. The Morgan fingerprint density at radius 2 is 1.91 bits per heavy atom. The van der Waals surface area contributed by atoms with Gasteiger partial charge in [0, 0.05) is 12.6 Å². The molecule has 0 spiro atoms. The van der Waals surface area contributed by atoms with Crippen LogP contribution in [0.2, 0.25) is 0 Å². The molecular formula is C18H25NO4. The number of methoxy groups -OCH3 is 2.